The molecule has 0 saturated heterocycles. The number of nitrogens with zero attached hydrogens (tertiary/aromatic N) is 1. The molecule has 0 aliphatic heterocycles. The van der Waals surface area contributed by atoms with Gasteiger partial charge >= 0.3 is 0 Å². The van der Waals surface area contributed by atoms with E-state index in [0.29, 0.717) is 10.6 Å². The summed E-state index contributed by atoms with van der Waals surface area (Å²) in [5, 5.41) is 4.59. The first-order valence-electron chi connectivity index (χ1n) is 6.31. The van der Waals surface area contributed by atoms with Crippen LogP contribution >= 0.6 is 11.6 Å². The molecule has 0 unspecified atom stereocenters. The number of hydrogen-bond donors (Lipinski definition) is 1. The van der Waals surface area contributed by atoms with Crippen LogP contribution in [0, 0.1) is 0 Å². The van der Waals surface area contributed by atoms with E-state index in [0.717, 1.165) is 5.56 Å². The topological polar surface area (TPSA) is 41.5 Å². The lowest BCUT2D eigenvalue weighted by Crippen LogP contribution is -2.17. The maximum absolute atomic E-state index is 11.8. The highest BCUT2D eigenvalue weighted by molar-refractivity contribution is 6.30. The van der Waals surface area contributed by atoms with Gasteiger partial charge in [0, 0.05) is 22.7 Å². The molecular weight excluding hydrogens is 272 g/mol. The Bertz CT molecular complexity index is 594. The van der Waals surface area contributed by atoms with E-state index in [1.54, 1.807) is 30.5 Å². The summed E-state index contributed by atoms with van der Waals surface area (Å²) in [4.78, 5) is 11.8. The summed E-state index contributed by atoms with van der Waals surface area (Å²) in [5.41, 5.74) is 4.18. The predicted molar refractivity (Wildman–Crippen MR) is 82.3 cm³/mol. The van der Waals surface area contributed by atoms with E-state index < -0.39 is 0 Å². The molecule has 0 radical (unpaired) electrons. The summed E-state index contributed by atoms with van der Waals surface area (Å²) in [6.07, 6.45) is 1.71. The number of nitrogens with one attached hydrogen (secondary N) is 1. The van der Waals surface area contributed by atoms with Gasteiger partial charge in [0.1, 0.15) is 0 Å². The normalized spacial score (nSPS) is 12.3. The van der Waals surface area contributed by atoms with Crippen molar-refractivity contribution in [3.8, 4) is 0 Å². The van der Waals surface area contributed by atoms with Crippen LogP contribution < -0.4 is 5.43 Å². The maximum Gasteiger partial charge on any atom is 0.271 e. The van der Waals surface area contributed by atoms with Crippen molar-refractivity contribution in [3.05, 3.63) is 70.7 Å². The summed E-state index contributed by atoms with van der Waals surface area (Å²) >= 11 is 5.77. The van der Waals surface area contributed by atoms with Gasteiger partial charge in [-0.3, -0.25) is 4.79 Å². The first kappa shape index (κ1) is 14.3. The molecule has 2 aromatic rings. The first-order chi connectivity index (χ1) is 9.66. The van der Waals surface area contributed by atoms with Gasteiger partial charge in [0.05, 0.1) is 0 Å². The SMILES string of the molecule is C[C@H](/C=N/NC(=O)c1ccc(Cl)cc1)c1ccccc1. The molecular formula is C16H15ClN2O. The Morgan fingerprint density at radius 1 is 1.15 bits per heavy atom. The quantitative estimate of drug-likeness (QED) is 0.673. The van der Waals surface area contributed by atoms with Crippen LogP contribution in [0.1, 0.15) is 28.8 Å². The Labute approximate surface area is 123 Å². The molecule has 0 spiro atoms. The standard InChI is InChI=1S/C16H15ClN2O/c1-12(13-5-3-2-4-6-13)11-18-19-16(20)14-7-9-15(17)10-8-14/h2-12H,1H3,(H,19,20)/b18-11+/t12-/m1/s1. The lowest BCUT2D eigenvalue weighted by molar-refractivity contribution is 0.0955. The number of carbonyl (C=O) groups excluding carboxylic acids is 1. The highest BCUT2D eigenvalue weighted by Gasteiger charge is 2.04. The number of rotatable bonds is 4. The molecule has 1 N–H and O–H groups in total. The summed E-state index contributed by atoms with van der Waals surface area (Å²) in [6, 6.07) is 16.6. The first-order valence-corrected chi connectivity index (χ1v) is 6.68. The van der Waals surface area contributed by atoms with E-state index in [4.69, 9.17) is 11.6 Å². The van der Waals surface area contributed by atoms with Crippen LogP contribution in [-0.4, -0.2) is 12.1 Å². The number of amides is 1. The van der Waals surface area contributed by atoms with Crippen molar-refractivity contribution in [1.82, 2.24) is 5.43 Å². The van der Waals surface area contributed by atoms with Crippen LogP contribution in [0.25, 0.3) is 0 Å². The second-order valence-corrected chi connectivity index (χ2v) is 4.86. The van der Waals surface area contributed by atoms with Crippen molar-refractivity contribution in [3.63, 3.8) is 0 Å². The molecule has 0 fully saturated rings. The number of hydrazone groups is 1. The third-order valence-electron chi connectivity index (χ3n) is 2.90. The fourth-order valence-corrected chi connectivity index (χ4v) is 1.84. The molecule has 4 heteroatoms. The van der Waals surface area contributed by atoms with Gasteiger partial charge in [-0.25, -0.2) is 5.43 Å². The van der Waals surface area contributed by atoms with Gasteiger partial charge in [0.2, 0.25) is 0 Å². The summed E-state index contributed by atoms with van der Waals surface area (Å²) < 4.78 is 0. The Balaban J connectivity index is 1.93. The largest absolute Gasteiger partial charge is 0.271 e. The second kappa shape index (κ2) is 6.87. The minimum absolute atomic E-state index is 0.140. The van der Waals surface area contributed by atoms with Crippen LogP contribution in [0.15, 0.2) is 59.7 Å². The average molecular weight is 287 g/mol. The minimum Gasteiger partial charge on any atom is -0.267 e. The summed E-state index contributed by atoms with van der Waals surface area (Å²) in [7, 11) is 0. The highest BCUT2D eigenvalue weighted by atomic mass is 35.5. The van der Waals surface area contributed by atoms with Crippen molar-refractivity contribution in [1.29, 1.82) is 0 Å². The van der Waals surface area contributed by atoms with E-state index in [2.05, 4.69) is 10.5 Å². The van der Waals surface area contributed by atoms with E-state index in [-0.39, 0.29) is 11.8 Å². The van der Waals surface area contributed by atoms with E-state index in [1.165, 1.54) is 0 Å². The Morgan fingerprint density at radius 2 is 1.80 bits per heavy atom. The number of carbonyl (C=O) groups is 1. The monoisotopic (exact) mass is 286 g/mol. The Morgan fingerprint density at radius 3 is 2.45 bits per heavy atom. The lowest BCUT2D eigenvalue weighted by Gasteiger charge is -2.05. The fraction of sp³-hybridized carbons (Fsp3) is 0.125. The molecule has 0 heterocycles. The molecule has 1 amide bonds. The van der Waals surface area contributed by atoms with Gasteiger partial charge in [-0.2, -0.15) is 5.10 Å². The molecule has 0 aromatic heterocycles. The fourth-order valence-electron chi connectivity index (χ4n) is 1.72. The van der Waals surface area contributed by atoms with Crippen molar-refractivity contribution in [2.75, 3.05) is 0 Å². The van der Waals surface area contributed by atoms with Gasteiger partial charge in [0.25, 0.3) is 5.91 Å². The summed E-state index contributed by atoms with van der Waals surface area (Å²) in [6.45, 7) is 2.02. The van der Waals surface area contributed by atoms with Crippen LogP contribution in [0.2, 0.25) is 5.02 Å². The van der Waals surface area contributed by atoms with E-state index >= 15 is 0 Å². The summed E-state index contributed by atoms with van der Waals surface area (Å²) in [5.74, 6) is -0.111. The predicted octanol–water partition coefficient (Wildman–Crippen LogP) is 3.86. The van der Waals surface area contributed by atoms with Gasteiger partial charge in [0.15, 0.2) is 0 Å². The zero-order chi connectivity index (χ0) is 14.4. The molecule has 2 rings (SSSR count). The van der Waals surface area contributed by atoms with Gasteiger partial charge in [-0.1, -0.05) is 48.9 Å². The van der Waals surface area contributed by atoms with Crippen molar-refractivity contribution in [2.45, 2.75) is 12.8 Å². The van der Waals surface area contributed by atoms with Crippen molar-refractivity contribution in [2.24, 2.45) is 5.10 Å². The Kier molecular flexibility index (Phi) is 4.91. The number of hydrogen-bond acceptors (Lipinski definition) is 2. The van der Waals surface area contributed by atoms with Gasteiger partial charge in [-0.15, -0.1) is 0 Å². The molecule has 3 nitrogen and oxygen atoms in total. The smallest absolute Gasteiger partial charge is 0.267 e. The lowest BCUT2D eigenvalue weighted by atomic mass is 10.0. The zero-order valence-electron chi connectivity index (χ0n) is 11.1. The van der Waals surface area contributed by atoms with Gasteiger partial charge < -0.3 is 0 Å². The molecule has 0 aliphatic carbocycles. The molecule has 2 aromatic carbocycles. The molecule has 0 saturated carbocycles. The van der Waals surface area contributed by atoms with Crippen LogP contribution in [0.4, 0.5) is 0 Å². The molecule has 20 heavy (non-hydrogen) atoms. The second-order valence-electron chi connectivity index (χ2n) is 4.43. The molecule has 0 bridgehead atoms. The maximum atomic E-state index is 11.8. The molecule has 102 valence electrons. The molecule has 0 aliphatic rings. The van der Waals surface area contributed by atoms with Crippen LogP contribution in [0.5, 0.6) is 0 Å². The highest BCUT2D eigenvalue weighted by Crippen LogP contribution is 2.12. The van der Waals surface area contributed by atoms with Crippen LogP contribution in [-0.2, 0) is 0 Å². The minimum atomic E-state index is -0.252. The third kappa shape index (κ3) is 3.93. The van der Waals surface area contributed by atoms with Gasteiger partial charge in [-0.05, 0) is 29.8 Å². The number of benzene rings is 2. The van der Waals surface area contributed by atoms with Crippen LogP contribution in [0.3, 0.4) is 0 Å². The average Bonchev–Trinajstić information content (AvgIpc) is 2.48. The Hall–Kier alpha value is -2.13. The van der Waals surface area contributed by atoms with E-state index in [9.17, 15) is 4.79 Å². The van der Waals surface area contributed by atoms with E-state index in [1.807, 2.05) is 37.3 Å². The molecule has 1 atom stereocenters. The zero-order valence-corrected chi connectivity index (χ0v) is 11.8. The van der Waals surface area contributed by atoms with Crippen molar-refractivity contribution >= 4 is 23.7 Å². The number of halogens is 1. The van der Waals surface area contributed by atoms with Crippen molar-refractivity contribution < 1.29 is 4.79 Å². The third-order valence-corrected chi connectivity index (χ3v) is 3.15.